The van der Waals surface area contributed by atoms with Crippen LogP contribution in [0.1, 0.15) is 22.3 Å². The molecule has 0 saturated carbocycles. The number of phenolic OH excluding ortho intramolecular Hbond substituents is 2. The average molecular weight is 1250 g/mol. The SMILES string of the molecule is Cc1cc(O)c(-c2nc(-c3ccc(Oc4ccccc4)cc3)nc(-c3ccc(Oc4ccccc4)cc3)n2)cc1C.Cc1ccc(O)cc1C.Clc1nc(-c2ccc(Oc3ccccc3)cc2)nc(-c2ccc(Oc3ccccc3)cc2)n1.[Cl][Al]([Cl])[Cl]. The minimum Gasteiger partial charge on any atom is -0.508 e. The van der Waals surface area contributed by atoms with Crippen molar-refractivity contribution in [3.8, 4) is 114 Å². The second-order valence-corrected chi connectivity index (χ2v) is 26.1. The molecule has 0 saturated heterocycles. The number of aryl methyl sites for hydroxylation is 4. The predicted molar refractivity (Wildman–Crippen MR) is 350 cm³/mol. The number of ether oxygens (including phenoxy) is 4. The Bertz CT molecular complexity index is 3940. The van der Waals surface area contributed by atoms with Crippen molar-refractivity contribution in [2.45, 2.75) is 27.7 Å². The van der Waals surface area contributed by atoms with E-state index in [1.54, 1.807) is 18.2 Å². The molecule has 12 aromatic rings. The van der Waals surface area contributed by atoms with Gasteiger partial charge in [0.05, 0.1) is 5.56 Å². The van der Waals surface area contributed by atoms with Crippen molar-refractivity contribution in [3.63, 3.8) is 0 Å². The molecule has 10 aromatic carbocycles. The molecule has 2 N–H and O–H groups in total. The zero-order valence-corrected chi connectivity index (χ0v) is 51.6. The number of aromatic hydroxyl groups is 2. The molecule has 0 unspecified atom stereocenters. The Morgan fingerprint density at radius 3 is 0.862 bits per heavy atom. The van der Waals surface area contributed by atoms with Crippen LogP contribution < -0.4 is 18.9 Å². The summed E-state index contributed by atoms with van der Waals surface area (Å²) in [5, 5.41) is 19.9. The summed E-state index contributed by atoms with van der Waals surface area (Å²) in [5.74, 6) is 8.71. The van der Waals surface area contributed by atoms with Gasteiger partial charge in [-0.3, -0.25) is 0 Å². The molecule has 432 valence electrons. The van der Waals surface area contributed by atoms with Crippen LogP contribution in [0, 0.1) is 27.7 Å². The topological polar surface area (TPSA) is 155 Å². The van der Waals surface area contributed by atoms with Crippen LogP contribution in [-0.2, 0) is 0 Å². The summed E-state index contributed by atoms with van der Waals surface area (Å²) in [6, 6.07) is 77.7. The van der Waals surface area contributed by atoms with Gasteiger partial charge >= 0.3 is 11.4 Å². The highest BCUT2D eigenvalue weighted by molar-refractivity contribution is 7.54. The highest BCUT2D eigenvalue weighted by Gasteiger charge is 2.17. The van der Waals surface area contributed by atoms with Crippen molar-refractivity contribution in [1.82, 2.24) is 29.9 Å². The van der Waals surface area contributed by atoms with Gasteiger partial charge in [-0.25, -0.2) is 50.1 Å². The predicted octanol–water partition coefficient (Wildman–Crippen LogP) is 19.9. The van der Waals surface area contributed by atoms with Crippen LogP contribution in [0.5, 0.6) is 57.5 Å². The van der Waals surface area contributed by atoms with E-state index in [0.29, 0.717) is 51.9 Å². The zero-order chi connectivity index (χ0) is 61.1. The third kappa shape index (κ3) is 18.6. The minimum atomic E-state index is -1.72. The number of halogens is 4. The van der Waals surface area contributed by atoms with E-state index in [4.69, 9.17) is 80.8 Å². The zero-order valence-electron chi connectivity index (χ0n) is 47.5. The standard InChI is InChI=1S/C35H27N3O3.C27H18ClN3O2.C8H10O.Al.3ClH/c1-23-21-31(32(39)22-24(23)2)35-37-33(25-13-17-29(18-14-25)40-27-9-5-3-6-10-27)36-34(38-35)26-15-19-30(20-16-26)41-28-11-7-4-8-12-28;28-27-30-25(19-11-15-23(16-12-19)32-21-7-3-1-4-8-21)29-26(31-27)20-13-17-24(18-14-20)33-22-9-5-2-6-10-22;1-6-3-4-8(9)5-7(6)2;;;;/h3-22,39H,1-2H3;1-18H;3-5,9H,1-2H3;;3*1H/q;;;+3;;;/p-3. The fraction of sp³-hybridized carbons (Fsp3) is 0.0571. The molecule has 87 heavy (non-hydrogen) atoms. The molecule has 12 nitrogen and oxygen atoms in total. The van der Waals surface area contributed by atoms with Crippen molar-refractivity contribution in [1.29, 1.82) is 0 Å². The lowest BCUT2D eigenvalue weighted by Crippen LogP contribution is -2.01. The van der Waals surface area contributed by atoms with E-state index in [9.17, 15) is 5.11 Å². The van der Waals surface area contributed by atoms with E-state index in [1.165, 1.54) is 5.56 Å². The van der Waals surface area contributed by atoms with Gasteiger partial charge in [-0.05, 0) is 231 Å². The number of hydrogen-bond acceptors (Lipinski definition) is 12. The molecular weight excluding hydrogens is 1190 g/mol. The molecule has 0 aliphatic rings. The first-order valence-corrected chi connectivity index (χ1v) is 32.8. The second-order valence-electron chi connectivity index (χ2n) is 19.3. The first-order valence-electron chi connectivity index (χ1n) is 27.2. The Hall–Kier alpha value is -9.29. The Morgan fingerprint density at radius 1 is 0.299 bits per heavy atom. The van der Waals surface area contributed by atoms with Gasteiger partial charge in [-0.2, -0.15) is 9.97 Å². The van der Waals surface area contributed by atoms with Crippen LogP contribution in [0.2, 0.25) is 5.28 Å². The normalized spacial score (nSPS) is 10.4. The minimum absolute atomic E-state index is 0.120. The number of rotatable bonds is 13. The first-order chi connectivity index (χ1) is 42.2. The summed E-state index contributed by atoms with van der Waals surface area (Å²) < 4.78 is 23.6. The Morgan fingerprint density at radius 2 is 0.563 bits per heavy atom. The molecule has 0 amide bonds. The maximum absolute atomic E-state index is 10.8. The Kier molecular flexibility index (Phi) is 22.0. The molecule has 2 aromatic heterocycles. The summed E-state index contributed by atoms with van der Waals surface area (Å²) in [7, 11) is 14.8. The Labute approximate surface area is 526 Å². The maximum Gasteiger partial charge on any atom is 0.643 e. The van der Waals surface area contributed by atoms with Crippen molar-refractivity contribution < 1.29 is 29.2 Å². The quantitative estimate of drug-likeness (QED) is 0.106. The van der Waals surface area contributed by atoms with Gasteiger partial charge in [0.25, 0.3) is 0 Å². The van der Waals surface area contributed by atoms with E-state index in [0.717, 1.165) is 73.4 Å². The third-order valence-corrected chi connectivity index (χ3v) is 13.1. The van der Waals surface area contributed by atoms with Gasteiger partial charge in [0.2, 0.25) is 5.28 Å². The summed E-state index contributed by atoms with van der Waals surface area (Å²) in [6.45, 7) is 7.96. The van der Waals surface area contributed by atoms with Crippen molar-refractivity contribution in [2.75, 3.05) is 0 Å². The molecule has 17 heteroatoms. The van der Waals surface area contributed by atoms with Crippen LogP contribution in [-0.4, -0.2) is 51.5 Å². The highest BCUT2D eigenvalue weighted by Crippen LogP contribution is 2.35. The van der Waals surface area contributed by atoms with Gasteiger partial charge in [-0.15, -0.1) is 0 Å². The van der Waals surface area contributed by atoms with Crippen molar-refractivity contribution in [3.05, 3.63) is 276 Å². The smallest absolute Gasteiger partial charge is 0.508 e. The van der Waals surface area contributed by atoms with Crippen molar-refractivity contribution in [2.24, 2.45) is 0 Å². The maximum atomic E-state index is 10.8. The van der Waals surface area contributed by atoms with E-state index >= 15 is 0 Å². The molecular formula is C70H55AlCl4N6O6. The molecule has 0 aliphatic carbocycles. The van der Waals surface area contributed by atoms with E-state index in [-0.39, 0.29) is 11.0 Å². The Balaban J connectivity index is 0.000000174. The second kappa shape index (κ2) is 30.7. The van der Waals surface area contributed by atoms with Gasteiger partial charge < -0.3 is 29.2 Å². The molecule has 0 radical (unpaired) electrons. The summed E-state index contributed by atoms with van der Waals surface area (Å²) >= 11 is 4.49. The van der Waals surface area contributed by atoms with E-state index in [1.807, 2.05) is 258 Å². The van der Waals surface area contributed by atoms with Gasteiger partial charge in [0.1, 0.15) is 57.5 Å². The summed E-state index contributed by atoms with van der Waals surface area (Å²) in [6.07, 6.45) is 0. The molecule has 2 heterocycles. The fourth-order valence-electron chi connectivity index (χ4n) is 8.26. The fourth-order valence-corrected chi connectivity index (χ4v) is 8.42. The van der Waals surface area contributed by atoms with Crippen LogP contribution in [0.15, 0.2) is 249 Å². The number of nitrogens with zero attached hydrogens (tertiary/aromatic N) is 6. The third-order valence-electron chi connectivity index (χ3n) is 13.0. The van der Waals surface area contributed by atoms with Gasteiger partial charge in [0, 0.05) is 22.3 Å². The number of hydrogen-bond donors (Lipinski definition) is 2. The molecule has 0 fully saturated rings. The van der Waals surface area contributed by atoms with Crippen LogP contribution in [0.3, 0.4) is 0 Å². The molecule has 12 rings (SSSR count). The number of benzene rings is 10. The van der Waals surface area contributed by atoms with Crippen molar-refractivity contribution >= 4 is 53.1 Å². The lowest BCUT2D eigenvalue weighted by molar-refractivity contribution is 0.474. The van der Waals surface area contributed by atoms with Crippen LogP contribution >= 0.6 is 41.7 Å². The van der Waals surface area contributed by atoms with Gasteiger partial charge in [-0.1, -0.05) is 78.9 Å². The van der Waals surface area contributed by atoms with E-state index < -0.39 is 11.4 Å². The first kappa shape index (κ1) is 62.2. The molecule has 0 atom stereocenters. The molecule has 0 bridgehead atoms. The lowest BCUT2D eigenvalue weighted by Gasteiger charge is -2.12. The average Bonchev–Trinajstić information content (AvgIpc) is 1.92. The molecule has 0 spiro atoms. The van der Waals surface area contributed by atoms with Crippen LogP contribution in [0.25, 0.3) is 56.9 Å². The van der Waals surface area contributed by atoms with Gasteiger partial charge in [0.15, 0.2) is 29.1 Å². The largest absolute Gasteiger partial charge is 0.643 e. The summed E-state index contributed by atoms with van der Waals surface area (Å²) in [5.41, 5.74) is 8.13. The number of phenols is 2. The lowest BCUT2D eigenvalue weighted by atomic mass is 10.0. The highest BCUT2D eigenvalue weighted by atomic mass is 35.8. The summed E-state index contributed by atoms with van der Waals surface area (Å²) in [4.78, 5) is 27.6. The van der Waals surface area contributed by atoms with E-state index in [2.05, 4.69) is 15.0 Å². The monoisotopic (exact) mass is 1240 g/mol. The molecule has 0 aliphatic heterocycles. The van der Waals surface area contributed by atoms with Crippen LogP contribution in [0.4, 0.5) is 0 Å². The number of para-hydroxylation sites is 4. The number of aromatic nitrogens is 6.